The van der Waals surface area contributed by atoms with E-state index in [-0.39, 0.29) is 0 Å². The summed E-state index contributed by atoms with van der Waals surface area (Å²) >= 11 is 1.64. The van der Waals surface area contributed by atoms with Gasteiger partial charge in [-0.1, -0.05) is 0 Å². The van der Waals surface area contributed by atoms with Gasteiger partial charge in [-0.05, 0) is 5.38 Å². The maximum absolute atomic E-state index is 4.79. The summed E-state index contributed by atoms with van der Waals surface area (Å²) in [6.07, 6.45) is 0. The van der Waals surface area contributed by atoms with Crippen LogP contribution in [0.5, 0.6) is 0 Å². The second-order valence-corrected chi connectivity index (χ2v) is 2.73. The summed E-state index contributed by atoms with van der Waals surface area (Å²) in [7, 11) is 3.39. The van der Waals surface area contributed by atoms with Crippen molar-refractivity contribution in [2.75, 3.05) is 19.5 Å². The Morgan fingerprint density at radius 3 is 3.00 bits per heavy atom. The highest BCUT2D eigenvalue weighted by atomic mass is 32.1. The molecule has 0 radical (unpaired) electrons. The second-order valence-electron chi connectivity index (χ2n) is 1.99. The average Bonchev–Trinajstić information content (AvgIpc) is 2.47. The van der Waals surface area contributed by atoms with E-state index < -0.39 is 0 Å². The molecule has 1 heterocycles. The van der Waals surface area contributed by atoms with Gasteiger partial charge in [-0.25, -0.2) is 9.78 Å². The Balaban J connectivity index is 2.54. The molecule has 1 rings (SSSR count). The summed E-state index contributed by atoms with van der Waals surface area (Å²) in [5.74, 6) is 0. The SMILES string of the molecule is CNc1cscc1COOC. The number of hydrogen-bond acceptors (Lipinski definition) is 4. The lowest BCUT2D eigenvalue weighted by atomic mass is 10.3. The molecule has 0 spiro atoms. The fourth-order valence-corrected chi connectivity index (χ4v) is 1.61. The number of anilines is 1. The largest absolute Gasteiger partial charge is 0.387 e. The van der Waals surface area contributed by atoms with E-state index in [1.165, 1.54) is 7.11 Å². The molecule has 0 aromatic carbocycles. The predicted molar refractivity (Wildman–Crippen MR) is 45.7 cm³/mol. The van der Waals surface area contributed by atoms with Crippen LogP contribution < -0.4 is 5.32 Å². The zero-order valence-electron chi connectivity index (χ0n) is 6.59. The van der Waals surface area contributed by atoms with Crippen molar-refractivity contribution < 1.29 is 9.78 Å². The van der Waals surface area contributed by atoms with Crippen LogP contribution in [0.2, 0.25) is 0 Å². The summed E-state index contributed by atoms with van der Waals surface area (Å²) in [5, 5.41) is 7.13. The Bertz CT molecular complexity index is 212. The Labute approximate surface area is 69.9 Å². The van der Waals surface area contributed by atoms with Crippen LogP contribution in [0.4, 0.5) is 5.69 Å². The van der Waals surface area contributed by atoms with Crippen molar-refractivity contribution in [1.29, 1.82) is 0 Å². The van der Waals surface area contributed by atoms with Gasteiger partial charge in [0.15, 0.2) is 0 Å². The topological polar surface area (TPSA) is 30.5 Å². The van der Waals surface area contributed by atoms with Crippen LogP contribution in [0.1, 0.15) is 5.56 Å². The van der Waals surface area contributed by atoms with E-state index in [0.29, 0.717) is 6.61 Å². The van der Waals surface area contributed by atoms with E-state index in [0.717, 1.165) is 11.3 Å². The van der Waals surface area contributed by atoms with Crippen LogP contribution in [0.15, 0.2) is 10.8 Å². The lowest BCUT2D eigenvalue weighted by molar-refractivity contribution is -0.282. The first kappa shape index (κ1) is 8.52. The molecular formula is C7H11NO2S. The quantitative estimate of drug-likeness (QED) is 0.557. The van der Waals surface area contributed by atoms with E-state index in [9.17, 15) is 0 Å². The molecule has 0 fully saturated rings. The monoisotopic (exact) mass is 173 g/mol. The summed E-state index contributed by atoms with van der Waals surface area (Å²) in [5.41, 5.74) is 2.23. The highest BCUT2D eigenvalue weighted by Crippen LogP contribution is 2.20. The Morgan fingerprint density at radius 1 is 1.55 bits per heavy atom. The molecule has 0 aliphatic carbocycles. The first-order valence-electron chi connectivity index (χ1n) is 3.27. The van der Waals surface area contributed by atoms with E-state index in [2.05, 4.69) is 10.2 Å². The summed E-state index contributed by atoms with van der Waals surface area (Å²) in [4.78, 5) is 9.28. The molecule has 0 saturated heterocycles. The Morgan fingerprint density at radius 2 is 2.36 bits per heavy atom. The molecule has 0 amide bonds. The van der Waals surface area contributed by atoms with Crippen LogP contribution in [0.3, 0.4) is 0 Å². The van der Waals surface area contributed by atoms with E-state index in [4.69, 9.17) is 4.89 Å². The first-order chi connectivity index (χ1) is 5.38. The lowest BCUT2D eigenvalue weighted by Crippen LogP contribution is -1.94. The number of nitrogens with one attached hydrogen (secondary N) is 1. The zero-order chi connectivity index (χ0) is 8.10. The minimum absolute atomic E-state index is 0.496. The first-order valence-corrected chi connectivity index (χ1v) is 4.21. The minimum Gasteiger partial charge on any atom is -0.387 e. The van der Waals surface area contributed by atoms with Gasteiger partial charge >= 0.3 is 0 Å². The van der Waals surface area contributed by atoms with Crippen molar-refractivity contribution >= 4 is 17.0 Å². The van der Waals surface area contributed by atoms with Gasteiger partial charge in [-0.2, -0.15) is 0 Å². The van der Waals surface area contributed by atoms with E-state index in [1.54, 1.807) is 11.3 Å². The molecular weight excluding hydrogens is 162 g/mol. The van der Waals surface area contributed by atoms with Crippen molar-refractivity contribution in [3.8, 4) is 0 Å². The number of rotatable bonds is 4. The van der Waals surface area contributed by atoms with E-state index >= 15 is 0 Å². The third-order valence-corrected chi connectivity index (χ3v) is 2.14. The summed E-state index contributed by atoms with van der Waals surface area (Å²) in [6, 6.07) is 0. The van der Waals surface area contributed by atoms with Crippen LogP contribution >= 0.6 is 11.3 Å². The molecule has 1 aromatic heterocycles. The van der Waals surface area contributed by atoms with Gasteiger partial charge in [0, 0.05) is 18.0 Å². The molecule has 62 valence electrons. The van der Waals surface area contributed by atoms with Crippen molar-refractivity contribution in [2.45, 2.75) is 6.61 Å². The van der Waals surface area contributed by atoms with Crippen molar-refractivity contribution in [1.82, 2.24) is 0 Å². The highest BCUT2D eigenvalue weighted by Gasteiger charge is 2.00. The molecule has 0 aliphatic heterocycles. The molecule has 0 saturated carbocycles. The Hall–Kier alpha value is -0.580. The summed E-state index contributed by atoms with van der Waals surface area (Å²) < 4.78 is 0. The van der Waals surface area contributed by atoms with Gasteiger partial charge in [-0.15, -0.1) is 11.3 Å². The van der Waals surface area contributed by atoms with Crippen LogP contribution in [-0.2, 0) is 16.4 Å². The molecule has 0 bridgehead atoms. The molecule has 0 atom stereocenters. The molecule has 1 N–H and O–H groups in total. The molecule has 11 heavy (non-hydrogen) atoms. The number of thiophene rings is 1. The fourth-order valence-electron chi connectivity index (χ4n) is 0.777. The highest BCUT2D eigenvalue weighted by molar-refractivity contribution is 7.08. The van der Waals surface area contributed by atoms with E-state index in [1.807, 2.05) is 17.8 Å². The van der Waals surface area contributed by atoms with Crippen LogP contribution in [0.25, 0.3) is 0 Å². The van der Waals surface area contributed by atoms with Gasteiger partial charge in [0.05, 0.1) is 12.8 Å². The normalized spacial score (nSPS) is 10.0. The van der Waals surface area contributed by atoms with Crippen molar-refractivity contribution in [3.63, 3.8) is 0 Å². The van der Waals surface area contributed by atoms with Crippen LogP contribution in [0, 0.1) is 0 Å². The second kappa shape index (κ2) is 4.33. The molecule has 0 aliphatic rings. The fraction of sp³-hybridized carbons (Fsp3) is 0.429. The third-order valence-electron chi connectivity index (χ3n) is 1.34. The van der Waals surface area contributed by atoms with Gasteiger partial charge < -0.3 is 5.32 Å². The molecule has 4 heteroatoms. The molecule has 3 nitrogen and oxygen atoms in total. The smallest absolute Gasteiger partial charge is 0.110 e. The zero-order valence-corrected chi connectivity index (χ0v) is 7.40. The van der Waals surface area contributed by atoms with Gasteiger partial charge in [0.2, 0.25) is 0 Å². The minimum atomic E-state index is 0.496. The van der Waals surface area contributed by atoms with Gasteiger partial charge in [-0.3, -0.25) is 0 Å². The van der Waals surface area contributed by atoms with Crippen molar-refractivity contribution in [3.05, 3.63) is 16.3 Å². The molecule has 0 unspecified atom stereocenters. The predicted octanol–water partition coefficient (Wildman–Crippen LogP) is 1.87. The van der Waals surface area contributed by atoms with Gasteiger partial charge in [0.25, 0.3) is 0 Å². The maximum Gasteiger partial charge on any atom is 0.110 e. The maximum atomic E-state index is 4.79. The van der Waals surface area contributed by atoms with Crippen LogP contribution in [-0.4, -0.2) is 14.2 Å². The van der Waals surface area contributed by atoms with Crippen molar-refractivity contribution in [2.24, 2.45) is 0 Å². The standard InChI is InChI=1S/C7H11NO2S/c1-8-7-5-11-4-6(7)3-10-9-2/h4-5,8H,3H2,1-2H3. The summed E-state index contributed by atoms with van der Waals surface area (Å²) in [6.45, 7) is 0.496. The average molecular weight is 173 g/mol. The van der Waals surface area contributed by atoms with Gasteiger partial charge in [0.1, 0.15) is 6.61 Å². The molecule has 1 aromatic rings. The lowest BCUT2D eigenvalue weighted by Gasteiger charge is -2.01. The number of hydrogen-bond donors (Lipinski definition) is 1. The Kier molecular flexibility index (Phi) is 3.35. The third kappa shape index (κ3) is 2.18.